The topological polar surface area (TPSA) is 105 Å². The molecule has 2 aromatic carbocycles. The largest absolute Gasteiger partial charge is 0.497 e. The van der Waals surface area contributed by atoms with E-state index in [0.29, 0.717) is 54.2 Å². The minimum Gasteiger partial charge on any atom is -0.497 e. The summed E-state index contributed by atoms with van der Waals surface area (Å²) in [5, 5.41) is 7.44. The van der Waals surface area contributed by atoms with E-state index in [4.69, 9.17) is 9.84 Å². The summed E-state index contributed by atoms with van der Waals surface area (Å²) in [6.45, 7) is 0.849. The Balaban J connectivity index is 1.32. The summed E-state index contributed by atoms with van der Waals surface area (Å²) in [5.41, 5.74) is 3.56. The Hall–Kier alpha value is -5.46. The molecule has 46 heavy (non-hydrogen) atoms. The van der Waals surface area contributed by atoms with Gasteiger partial charge in [-0.05, 0) is 47.9 Å². The number of rotatable bonds is 9. The zero-order valence-electron chi connectivity index (χ0n) is 24.9. The van der Waals surface area contributed by atoms with Crippen LogP contribution in [0.1, 0.15) is 38.4 Å². The van der Waals surface area contributed by atoms with E-state index in [1.807, 2.05) is 42.3 Å². The summed E-state index contributed by atoms with van der Waals surface area (Å²) in [5.74, 6) is -0.734. The molecular formula is C33H28F3N7O3. The van der Waals surface area contributed by atoms with E-state index in [2.05, 4.69) is 15.3 Å². The van der Waals surface area contributed by atoms with Crippen LogP contribution >= 0.6 is 0 Å². The molecule has 0 bridgehead atoms. The number of methoxy groups -OCH3 is 1. The molecule has 13 heteroatoms. The molecule has 1 aliphatic heterocycles. The van der Waals surface area contributed by atoms with Crippen LogP contribution < -0.4 is 19.9 Å². The minimum absolute atomic E-state index is 0.0636. The number of pyridine rings is 1. The molecule has 10 nitrogen and oxygen atoms in total. The average Bonchev–Trinajstić information content (AvgIpc) is 3.39. The van der Waals surface area contributed by atoms with Gasteiger partial charge in [-0.25, -0.2) is 22.7 Å². The number of nitrogens with zero attached hydrogens (tertiary/aromatic N) is 6. The first-order chi connectivity index (χ1) is 22.2. The van der Waals surface area contributed by atoms with Crippen molar-refractivity contribution in [2.75, 3.05) is 30.5 Å². The fraction of sp³-hybridized carbons (Fsp3) is 0.242. The van der Waals surface area contributed by atoms with E-state index < -0.39 is 29.8 Å². The summed E-state index contributed by atoms with van der Waals surface area (Å²) in [4.78, 5) is 36.7. The van der Waals surface area contributed by atoms with Crippen LogP contribution in [0.2, 0.25) is 0 Å². The lowest BCUT2D eigenvalue weighted by molar-refractivity contribution is 0.0940. The molecule has 1 saturated carbocycles. The fourth-order valence-electron chi connectivity index (χ4n) is 5.79. The minimum atomic E-state index is -1.09. The number of fused-ring (bicyclic) bond motifs is 2. The second-order valence-corrected chi connectivity index (χ2v) is 11.4. The van der Waals surface area contributed by atoms with Crippen LogP contribution in [-0.4, -0.2) is 64.7 Å². The molecule has 1 amide bonds. The maximum absolute atomic E-state index is 15.1. The number of hydrogen-bond donors (Lipinski definition) is 1. The number of carbonyl (C=O) groups excluding carboxylic acids is 2. The Labute approximate surface area is 261 Å². The average molecular weight is 628 g/mol. The highest BCUT2D eigenvalue weighted by Gasteiger charge is 2.39. The smallest absolute Gasteiger partial charge is 0.271 e. The van der Waals surface area contributed by atoms with Crippen LogP contribution in [-0.2, 0) is 13.0 Å². The number of ether oxygens (including phenoxy) is 1. The molecule has 5 aromatic rings. The molecule has 0 unspecified atom stereocenters. The highest BCUT2D eigenvalue weighted by atomic mass is 19.1. The molecule has 0 spiro atoms. The predicted octanol–water partition coefficient (Wildman–Crippen LogP) is 5.06. The highest BCUT2D eigenvalue weighted by Crippen LogP contribution is 2.41. The van der Waals surface area contributed by atoms with Crippen LogP contribution in [0.25, 0.3) is 16.9 Å². The quantitative estimate of drug-likeness (QED) is 0.226. The molecule has 234 valence electrons. The Kier molecular flexibility index (Phi) is 7.30. The number of nitrogens with one attached hydrogen (secondary N) is 1. The van der Waals surface area contributed by atoms with Crippen molar-refractivity contribution in [2.24, 2.45) is 0 Å². The maximum Gasteiger partial charge on any atom is 0.271 e. The number of benzene rings is 2. The van der Waals surface area contributed by atoms with Crippen LogP contribution in [0.4, 0.5) is 30.4 Å². The summed E-state index contributed by atoms with van der Waals surface area (Å²) in [7, 11) is 3.48. The van der Waals surface area contributed by atoms with Crippen LogP contribution in [0.15, 0.2) is 60.9 Å². The first-order valence-corrected chi connectivity index (χ1v) is 14.6. The van der Waals surface area contributed by atoms with Gasteiger partial charge in [0.05, 0.1) is 25.0 Å². The molecule has 4 heterocycles. The van der Waals surface area contributed by atoms with Gasteiger partial charge >= 0.3 is 0 Å². The van der Waals surface area contributed by atoms with Crippen molar-refractivity contribution >= 4 is 35.0 Å². The monoisotopic (exact) mass is 627 g/mol. The number of halogens is 3. The Morgan fingerprint density at radius 2 is 1.91 bits per heavy atom. The SMILES string of the molecule is COc1ccc(CN(C)c2cc(N3CCc4c(-c5ncc(C=O)cc5F)cc(F)cc43)nn3c(C(=O)N[C@@H]4C[C@@H]4F)cnc23)cc1. The van der Waals surface area contributed by atoms with Crippen LogP contribution in [0.3, 0.4) is 0 Å². The molecule has 2 atom stereocenters. The summed E-state index contributed by atoms with van der Waals surface area (Å²) >= 11 is 0. The standard InChI is InChI=1S/C33H28F3N7O3/c1-41(16-18-3-5-21(46-2)6-4-18)28-13-30(40-43-29(15-38-32(28)43)33(45)39-26-12-24(26)35)42-8-7-22-23(10-20(34)11-27(22)42)31-25(36)9-19(17-44)14-37-31/h3-6,9-11,13-15,17,24,26H,7-8,12,16H2,1-2H3,(H,39,45)/t24-,26+/m0/s1. The number of hydrogen-bond acceptors (Lipinski definition) is 8. The highest BCUT2D eigenvalue weighted by molar-refractivity contribution is 5.94. The Morgan fingerprint density at radius 3 is 2.61 bits per heavy atom. The van der Waals surface area contributed by atoms with E-state index in [0.717, 1.165) is 17.4 Å². The molecule has 3 aromatic heterocycles. The van der Waals surface area contributed by atoms with Crippen LogP contribution in [0, 0.1) is 11.6 Å². The number of anilines is 3. The van der Waals surface area contributed by atoms with Gasteiger partial charge in [-0.3, -0.25) is 14.6 Å². The van der Waals surface area contributed by atoms with Crippen molar-refractivity contribution < 1.29 is 27.5 Å². The van der Waals surface area contributed by atoms with Gasteiger partial charge in [-0.1, -0.05) is 12.1 Å². The van der Waals surface area contributed by atoms with Crippen molar-refractivity contribution in [1.29, 1.82) is 0 Å². The van der Waals surface area contributed by atoms with E-state index in [1.165, 1.54) is 29.0 Å². The van der Waals surface area contributed by atoms with Gasteiger partial charge in [-0.2, -0.15) is 0 Å². The van der Waals surface area contributed by atoms with Crippen molar-refractivity contribution in [3.05, 3.63) is 94.9 Å². The molecule has 7 rings (SSSR count). The van der Waals surface area contributed by atoms with Gasteiger partial charge in [0.2, 0.25) is 0 Å². The number of alkyl halides is 1. The zero-order valence-corrected chi connectivity index (χ0v) is 24.9. The number of amides is 1. The van der Waals surface area contributed by atoms with E-state index >= 15 is 8.78 Å². The van der Waals surface area contributed by atoms with Gasteiger partial charge in [0.25, 0.3) is 5.91 Å². The Morgan fingerprint density at radius 1 is 1.13 bits per heavy atom. The van der Waals surface area contributed by atoms with Gasteiger partial charge in [-0.15, -0.1) is 5.10 Å². The number of aldehydes is 1. The first kappa shape index (κ1) is 29.3. The molecular weight excluding hydrogens is 599 g/mol. The Bertz CT molecular complexity index is 2000. The predicted molar refractivity (Wildman–Crippen MR) is 165 cm³/mol. The maximum atomic E-state index is 15.1. The summed E-state index contributed by atoms with van der Waals surface area (Å²) in [6.07, 6.45) is 2.73. The molecule has 1 aliphatic carbocycles. The molecule has 2 aliphatic rings. The fourth-order valence-corrected chi connectivity index (χ4v) is 5.79. The van der Waals surface area contributed by atoms with E-state index in [9.17, 15) is 14.0 Å². The number of carbonyl (C=O) groups is 2. The second kappa shape index (κ2) is 11.5. The second-order valence-electron chi connectivity index (χ2n) is 11.4. The normalized spacial score (nSPS) is 16.8. The lowest BCUT2D eigenvalue weighted by Crippen LogP contribution is -2.29. The van der Waals surface area contributed by atoms with Crippen molar-refractivity contribution in [1.82, 2.24) is 24.9 Å². The third-order valence-corrected chi connectivity index (χ3v) is 8.28. The molecule has 0 radical (unpaired) electrons. The molecule has 1 fully saturated rings. The lowest BCUT2D eigenvalue weighted by Gasteiger charge is -2.24. The van der Waals surface area contributed by atoms with Gasteiger partial charge < -0.3 is 19.9 Å². The number of imidazole rings is 1. The van der Waals surface area contributed by atoms with E-state index in [1.54, 1.807) is 12.0 Å². The van der Waals surface area contributed by atoms with Gasteiger partial charge in [0.15, 0.2) is 23.4 Å². The van der Waals surface area contributed by atoms with Gasteiger partial charge in [0, 0.05) is 55.6 Å². The number of aromatic nitrogens is 4. The van der Waals surface area contributed by atoms with Crippen LogP contribution in [0.5, 0.6) is 5.75 Å². The lowest BCUT2D eigenvalue weighted by atomic mass is 10.0. The van der Waals surface area contributed by atoms with Crippen molar-refractivity contribution in [2.45, 2.75) is 31.6 Å². The summed E-state index contributed by atoms with van der Waals surface area (Å²) in [6, 6.07) is 12.5. The molecule has 1 N–H and O–H groups in total. The summed E-state index contributed by atoms with van der Waals surface area (Å²) < 4.78 is 50.5. The van der Waals surface area contributed by atoms with Crippen molar-refractivity contribution in [3.63, 3.8) is 0 Å². The first-order valence-electron chi connectivity index (χ1n) is 14.6. The third-order valence-electron chi connectivity index (χ3n) is 8.28. The van der Waals surface area contributed by atoms with Gasteiger partial charge in [0.1, 0.15) is 29.2 Å². The van der Waals surface area contributed by atoms with Crippen molar-refractivity contribution in [3.8, 4) is 17.0 Å². The third kappa shape index (κ3) is 5.27. The zero-order chi connectivity index (χ0) is 32.1. The van der Waals surface area contributed by atoms with E-state index in [-0.39, 0.29) is 28.9 Å². The molecule has 0 saturated heterocycles.